The van der Waals surface area contributed by atoms with Gasteiger partial charge in [-0.15, -0.1) is 23.1 Å². The lowest BCUT2D eigenvalue weighted by molar-refractivity contribution is -0.135. The van der Waals surface area contributed by atoms with E-state index in [2.05, 4.69) is 15.3 Å². The van der Waals surface area contributed by atoms with Crippen molar-refractivity contribution in [2.24, 2.45) is 4.99 Å². The first-order valence-electron chi connectivity index (χ1n) is 8.28. The van der Waals surface area contributed by atoms with E-state index in [9.17, 15) is 9.90 Å². The Morgan fingerprint density at radius 2 is 2.35 bits per heavy atom. The van der Waals surface area contributed by atoms with Crippen LogP contribution in [0.1, 0.15) is 19.0 Å². The number of carboxylic acids is 1. The second kappa shape index (κ2) is 6.48. The molecule has 2 atom stereocenters. The summed E-state index contributed by atoms with van der Waals surface area (Å²) in [4.78, 5) is 22.4. The van der Waals surface area contributed by atoms with Gasteiger partial charge >= 0.3 is 5.97 Å². The average molecular weight is 390 g/mol. The number of thiazole rings is 1. The third-order valence-electron chi connectivity index (χ3n) is 4.74. The van der Waals surface area contributed by atoms with Crippen molar-refractivity contribution < 1.29 is 9.90 Å². The van der Waals surface area contributed by atoms with E-state index in [-0.39, 0.29) is 11.4 Å². The topological polar surface area (TPSA) is 104 Å². The molecule has 1 aromatic heterocycles. The smallest absolute Gasteiger partial charge is 0.352 e. The average Bonchev–Trinajstić information content (AvgIpc) is 3.05. The van der Waals surface area contributed by atoms with Gasteiger partial charge in [0.2, 0.25) is 0 Å². The number of nitrogens with one attached hydrogen (secondary N) is 1. The maximum Gasteiger partial charge on any atom is 0.352 e. The quantitative estimate of drug-likeness (QED) is 0.677. The number of carbonyl (C=O) groups is 1. The molecule has 1 saturated heterocycles. The maximum atomic E-state index is 11.8. The normalized spacial score (nSPS) is 24.8. The number of rotatable bonds is 4. The van der Waals surface area contributed by atoms with Crippen molar-refractivity contribution >= 4 is 39.9 Å². The highest BCUT2D eigenvalue weighted by atomic mass is 32.2. The number of fused-ring (bicyclic) bond motifs is 4. The zero-order chi connectivity index (χ0) is 18.4. The molecule has 9 heteroatoms. The maximum absolute atomic E-state index is 11.8. The molecule has 3 aliphatic rings. The molecule has 0 radical (unpaired) electrons. The fraction of sp³-hybridized carbons (Fsp3) is 0.353. The first kappa shape index (κ1) is 17.2. The van der Waals surface area contributed by atoms with Crippen molar-refractivity contribution in [2.75, 3.05) is 18.5 Å². The highest BCUT2D eigenvalue weighted by molar-refractivity contribution is 8.00. The minimum atomic E-state index is -0.852. The Hall–Kier alpha value is -2.26. The van der Waals surface area contributed by atoms with Crippen molar-refractivity contribution in [3.8, 4) is 0 Å². The highest BCUT2D eigenvalue weighted by Gasteiger charge is 2.51. The van der Waals surface area contributed by atoms with E-state index in [0.717, 1.165) is 40.5 Å². The fourth-order valence-corrected chi connectivity index (χ4v) is 5.55. The molecule has 1 fully saturated rings. The number of hydrogen-bond acceptors (Lipinski definition) is 8. The molecule has 7 nitrogen and oxygen atoms in total. The van der Waals surface area contributed by atoms with Crippen molar-refractivity contribution in [3.63, 3.8) is 0 Å². The van der Waals surface area contributed by atoms with Crippen LogP contribution in [-0.2, 0) is 4.79 Å². The van der Waals surface area contributed by atoms with Gasteiger partial charge in [0.25, 0.3) is 0 Å². The lowest BCUT2D eigenvalue weighted by atomic mass is 9.94. The van der Waals surface area contributed by atoms with Crippen LogP contribution in [-0.4, -0.2) is 50.9 Å². The predicted molar refractivity (Wildman–Crippen MR) is 105 cm³/mol. The molecule has 26 heavy (non-hydrogen) atoms. The summed E-state index contributed by atoms with van der Waals surface area (Å²) in [5, 5.41) is 15.7. The Kier molecular flexibility index (Phi) is 4.28. The van der Waals surface area contributed by atoms with Crippen molar-refractivity contribution in [3.05, 3.63) is 45.9 Å². The SMILES string of the molecule is CCC1=C(C(=O)O)N2C3=CC=C(/C(=N\C)c4csc(N)n4)NC3[C@H]2SC1. The fourth-order valence-electron chi connectivity index (χ4n) is 3.52. The molecule has 3 aliphatic heterocycles. The number of aliphatic carboxylic acids is 1. The van der Waals surface area contributed by atoms with Crippen LogP contribution < -0.4 is 11.1 Å². The van der Waals surface area contributed by atoms with Crippen LogP contribution in [0, 0.1) is 0 Å². The number of nitrogens with two attached hydrogens (primary N) is 1. The number of dihydropyridines is 1. The molecule has 4 N–H and O–H groups in total. The summed E-state index contributed by atoms with van der Waals surface area (Å²) in [6, 6.07) is 0.0699. The first-order chi connectivity index (χ1) is 12.5. The monoisotopic (exact) mass is 389 g/mol. The van der Waals surface area contributed by atoms with Gasteiger partial charge in [-0.25, -0.2) is 9.78 Å². The Balaban J connectivity index is 1.67. The molecule has 4 heterocycles. The van der Waals surface area contributed by atoms with E-state index in [0.29, 0.717) is 10.8 Å². The molecule has 0 aliphatic carbocycles. The summed E-state index contributed by atoms with van der Waals surface area (Å²) < 4.78 is 0. The molecule has 136 valence electrons. The van der Waals surface area contributed by atoms with Crippen LogP contribution in [0.3, 0.4) is 0 Å². The molecule has 4 rings (SSSR count). The van der Waals surface area contributed by atoms with Gasteiger partial charge in [-0.2, -0.15) is 0 Å². The third-order valence-corrected chi connectivity index (χ3v) is 6.76. The molecule has 0 spiro atoms. The largest absolute Gasteiger partial charge is 0.477 e. The number of anilines is 1. The van der Waals surface area contributed by atoms with E-state index < -0.39 is 5.97 Å². The number of carboxylic acid groups (broad SMARTS) is 1. The van der Waals surface area contributed by atoms with Gasteiger partial charge in [-0.1, -0.05) is 6.92 Å². The Morgan fingerprint density at radius 1 is 1.54 bits per heavy atom. The van der Waals surface area contributed by atoms with Crippen LogP contribution in [0.2, 0.25) is 0 Å². The van der Waals surface area contributed by atoms with E-state index in [4.69, 9.17) is 5.73 Å². The van der Waals surface area contributed by atoms with E-state index in [1.54, 1.807) is 18.8 Å². The second-order valence-corrected chi connectivity index (χ2v) is 8.11. The third kappa shape index (κ3) is 2.53. The number of allylic oxidation sites excluding steroid dienone is 3. The molecule has 1 unspecified atom stereocenters. The molecule has 1 aromatic rings. The van der Waals surface area contributed by atoms with Gasteiger partial charge in [0.1, 0.15) is 22.5 Å². The zero-order valence-electron chi connectivity index (χ0n) is 14.4. The summed E-state index contributed by atoms with van der Waals surface area (Å²) in [6.45, 7) is 2.01. The minimum Gasteiger partial charge on any atom is -0.477 e. The van der Waals surface area contributed by atoms with E-state index in [1.165, 1.54) is 11.3 Å². The van der Waals surface area contributed by atoms with Gasteiger partial charge in [0.15, 0.2) is 5.13 Å². The first-order valence-corrected chi connectivity index (χ1v) is 10.2. The number of hydrogen-bond donors (Lipinski definition) is 3. The predicted octanol–water partition coefficient (Wildman–Crippen LogP) is 2.02. The summed E-state index contributed by atoms with van der Waals surface area (Å²) in [6.07, 6.45) is 4.67. The van der Waals surface area contributed by atoms with Gasteiger partial charge < -0.3 is 21.1 Å². The van der Waals surface area contributed by atoms with Crippen LogP contribution in [0.25, 0.3) is 0 Å². The molecule has 0 bridgehead atoms. The zero-order valence-corrected chi connectivity index (χ0v) is 16.0. The summed E-state index contributed by atoms with van der Waals surface area (Å²) >= 11 is 3.16. The molecule has 0 saturated carbocycles. The lowest BCUT2D eigenvalue weighted by Gasteiger charge is -2.55. The van der Waals surface area contributed by atoms with Crippen LogP contribution >= 0.6 is 23.1 Å². The van der Waals surface area contributed by atoms with Gasteiger partial charge in [0, 0.05) is 23.9 Å². The van der Waals surface area contributed by atoms with Crippen molar-refractivity contribution in [1.82, 2.24) is 15.2 Å². The highest BCUT2D eigenvalue weighted by Crippen LogP contribution is 2.47. The molecule has 0 amide bonds. The number of aromatic nitrogens is 1. The van der Waals surface area contributed by atoms with Gasteiger partial charge in [-0.3, -0.25) is 4.99 Å². The van der Waals surface area contributed by atoms with Crippen LogP contribution in [0.4, 0.5) is 5.13 Å². The Morgan fingerprint density at radius 3 is 2.96 bits per heavy atom. The minimum absolute atomic E-state index is 0.0699. The standard InChI is InChI=1S/C17H19N5O2S2/c1-3-8-6-25-15-13-11(22(15)14(8)16(23)24)5-4-9(20-13)12(19-2)10-7-26-17(18)21-10/h4-5,7,13,15,20H,3,6H2,1-2H3,(H2,18,21)(H,23,24)/b19-12+/t13?,15-/m1/s1. The summed E-state index contributed by atoms with van der Waals surface area (Å²) in [5.41, 5.74) is 10.6. The van der Waals surface area contributed by atoms with Crippen LogP contribution in [0.5, 0.6) is 0 Å². The van der Waals surface area contributed by atoms with E-state index >= 15 is 0 Å². The number of nitrogen functional groups attached to an aromatic ring is 1. The molecular formula is C17H19N5O2S2. The number of aliphatic imine (C=N–C) groups is 1. The van der Waals surface area contributed by atoms with Crippen molar-refractivity contribution in [1.29, 1.82) is 0 Å². The van der Waals surface area contributed by atoms with Crippen LogP contribution in [0.15, 0.2) is 45.2 Å². The summed E-state index contributed by atoms with van der Waals surface area (Å²) in [7, 11) is 1.73. The van der Waals surface area contributed by atoms with Crippen molar-refractivity contribution in [2.45, 2.75) is 24.8 Å². The number of thioether (sulfide) groups is 1. The van der Waals surface area contributed by atoms with E-state index in [1.807, 2.05) is 29.4 Å². The number of nitrogens with zero attached hydrogens (tertiary/aromatic N) is 3. The molecular weight excluding hydrogens is 370 g/mol. The Labute approximate surface area is 159 Å². The molecule has 0 aromatic carbocycles. The van der Waals surface area contributed by atoms with Gasteiger partial charge in [-0.05, 0) is 24.1 Å². The second-order valence-electron chi connectivity index (χ2n) is 6.12. The van der Waals surface area contributed by atoms with Gasteiger partial charge in [0.05, 0.1) is 11.7 Å². The Bertz CT molecular complexity index is 899. The lowest BCUT2D eigenvalue weighted by Crippen LogP contribution is -2.64. The summed E-state index contributed by atoms with van der Waals surface area (Å²) in [5.74, 6) is -0.101.